The van der Waals surface area contributed by atoms with E-state index in [4.69, 9.17) is 5.11 Å². The molecule has 2 aromatic rings. The van der Waals surface area contributed by atoms with Gasteiger partial charge in [0.05, 0.1) is 18.3 Å². The summed E-state index contributed by atoms with van der Waals surface area (Å²) in [4.78, 5) is 11.6. The van der Waals surface area contributed by atoms with Crippen LogP contribution in [0.25, 0.3) is 5.69 Å². The molecule has 1 heterocycles. The lowest BCUT2D eigenvalue weighted by Crippen LogP contribution is -2.38. The number of rotatable bonds is 4. The first-order chi connectivity index (χ1) is 9.19. The van der Waals surface area contributed by atoms with Crippen molar-refractivity contribution in [2.24, 2.45) is 0 Å². The lowest BCUT2D eigenvalue weighted by atomic mass is 10.3. The van der Waals surface area contributed by atoms with Crippen LogP contribution in [-0.2, 0) is 0 Å². The highest BCUT2D eigenvalue weighted by Gasteiger charge is 2.06. The maximum Gasteiger partial charge on any atom is 0.319 e. The minimum absolute atomic E-state index is 0.0965. The quantitative estimate of drug-likeness (QED) is 0.777. The van der Waals surface area contributed by atoms with E-state index in [9.17, 15) is 4.79 Å². The molecule has 0 aliphatic heterocycles. The molecule has 6 heteroatoms. The number of amides is 2. The summed E-state index contributed by atoms with van der Waals surface area (Å²) in [6.45, 7) is 1.63. The summed E-state index contributed by atoms with van der Waals surface area (Å²) in [6.07, 6.45) is 3.52. The number of nitrogens with zero attached hydrogens (tertiary/aromatic N) is 2. The Morgan fingerprint density at radius 2 is 2.32 bits per heavy atom. The van der Waals surface area contributed by atoms with E-state index in [1.807, 2.05) is 30.5 Å². The SMILES string of the molecule is C[C@@H](CO)NC(=O)Nc1cccc(-n2cccn2)c1. The average molecular weight is 260 g/mol. The Morgan fingerprint density at radius 3 is 3.00 bits per heavy atom. The van der Waals surface area contributed by atoms with E-state index in [0.717, 1.165) is 5.69 Å². The van der Waals surface area contributed by atoms with Gasteiger partial charge in [0.2, 0.25) is 0 Å². The molecule has 2 amide bonds. The second-order valence-electron chi connectivity index (χ2n) is 4.18. The van der Waals surface area contributed by atoms with Crippen molar-refractivity contribution in [1.29, 1.82) is 0 Å². The van der Waals surface area contributed by atoms with Crippen LogP contribution in [0.1, 0.15) is 6.92 Å². The summed E-state index contributed by atoms with van der Waals surface area (Å²) in [7, 11) is 0. The van der Waals surface area contributed by atoms with Gasteiger partial charge in [-0.2, -0.15) is 5.10 Å². The first-order valence-corrected chi connectivity index (χ1v) is 5.97. The van der Waals surface area contributed by atoms with E-state index in [-0.39, 0.29) is 18.7 Å². The maximum atomic E-state index is 11.6. The van der Waals surface area contributed by atoms with E-state index in [0.29, 0.717) is 5.69 Å². The van der Waals surface area contributed by atoms with Gasteiger partial charge < -0.3 is 15.7 Å². The number of aliphatic hydroxyl groups is 1. The number of aliphatic hydroxyl groups excluding tert-OH is 1. The molecule has 0 fully saturated rings. The topological polar surface area (TPSA) is 79.2 Å². The van der Waals surface area contributed by atoms with Crippen molar-refractivity contribution < 1.29 is 9.90 Å². The van der Waals surface area contributed by atoms with Gasteiger partial charge in [-0.05, 0) is 31.2 Å². The molecule has 100 valence electrons. The summed E-state index contributed by atoms with van der Waals surface area (Å²) < 4.78 is 1.71. The number of anilines is 1. The molecule has 2 rings (SSSR count). The zero-order chi connectivity index (χ0) is 13.7. The molecule has 0 aliphatic carbocycles. The Morgan fingerprint density at radius 1 is 1.47 bits per heavy atom. The van der Waals surface area contributed by atoms with E-state index < -0.39 is 0 Å². The summed E-state index contributed by atoms with van der Waals surface area (Å²) in [5, 5.41) is 18.3. The summed E-state index contributed by atoms with van der Waals surface area (Å²) in [5.74, 6) is 0. The molecule has 0 spiro atoms. The lowest BCUT2D eigenvalue weighted by molar-refractivity contribution is 0.229. The zero-order valence-corrected chi connectivity index (χ0v) is 10.6. The smallest absolute Gasteiger partial charge is 0.319 e. The molecule has 6 nitrogen and oxygen atoms in total. The minimum Gasteiger partial charge on any atom is -0.394 e. The van der Waals surface area contributed by atoms with Crippen molar-refractivity contribution >= 4 is 11.7 Å². The first kappa shape index (κ1) is 13.1. The highest BCUT2D eigenvalue weighted by molar-refractivity contribution is 5.89. The predicted molar refractivity (Wildman–Crippen MR) is 72.3 cm³/mol. The van der Waals surface area contributed by atoms with E-state index >= 15 is 0 Å². The van der Waals surface area contributed by atoms with Crippen molar-refractivity contribution in [1.82, 2.24) is 15.1 Å². The van der Waals surface area contributed by atoms with E-state index in [2.05, 4.69) is 15.7 Å². The van der Waals surface area contributed by atoms with Crippen LogP contribution in [-0.4, -0.2) is 33.6 Å². The summed E-state index contributed by atoms with van der Waals surface area (Å²) in [5.41, 5.74) is 1.52. The first-order valence-electron chi connectivity index (χ1n) is 5.97. The fourth-order valence-electron chi connectivity index (χ4n) is 1.58. The van der Waals surface area contributed by atoms with Crippen molar-refractivity contribution in [3.05, 3.63) is 42.7 Å². The number of urea groups is 1. The largest absolute Gasteiger partial charge is 0.394 e. The molecule has 0 aliphatic rings. The highest BCUT2D eigenvalue weighted by atomic mass is 16.3. The van der Waals surface area contributed by atoms with Crippen LogP contribution < -0.4 is 10.6 Å². The number of benzene rings is 1. The van der Waals surface area contributed by atoms with Crippen molar-refractivity contribution in [2.75, 3.05) is 11.9 Å². The Hall–Kier alpha value is -2.34. The number of hydrogen-bond donors (Lipinski definition) is 3. The van der Waals surface area contributed by atoms with Crippen LogP contribution in [0, 0.1) is 0 Å². The Balaban J connectivity index is 2.05. The number of carbonyl (C=O) groups is 1. The average Bonchev–Trinajstić information content (AvgIpc) is 2.92. The van der Waals surface area contributed by atoms with Crippen LogP contribution in [0.5, 0.6) is 0 Å². The third-order valence-electron chi connectivity index (χ3n) is 2.52. The molecule has 0 saturated carbocycles. The zero-order valence-electron chi connectivity index (χ0n) is 10.6. The summed E-state index contributed by atoms with van der Waals surface area (Å²) in [6, 6.07) is 8.53. The van der Waals surface area contributed by atoms with Gasteiger partial charge in [0, 0.05) is 18.1 Å². The predicted octanol–water partition coefficient (Wildman–Crippen LogP) is 1.37. The number of aromatic nitrogens is 2. The molecule has 1 atom stereocenters. The van der Waals surface area contributed by atoms with Gasteiger partial charge in [-0.25, -0.2) is 9.48 Å². The molecule has 0 saturated heterocycles. The molecular weight excluding hydrogens is 244 g/mol. The fourth-order valence-corrected chi connectivity index (χ4v) is 1.58. The third kappa shape index (κ3) is 3.56. The Bertz CT molecular complexity index is 539. The van der Waals surface area contributed by atoms with Gasteiger partial charge in [0.15, 0.2) is 0 Å². The van der Waals surface area contributed by atoms with Gasteiger partial charge in [-0.15, -0.1) is 0 Å². The lowest BCUT2D eigenvalue weighted by Gasteiger charge is -2.12. The summed E-state index contributed by atoms with van der Waals surface area (Å²) >= 11 is 0. The van der Waals surface area contributed by atoms with Crippen molar-refractivity contribution in [3.63, 3.8) is 0 Å². The van der Waals surface area contributed by atoms with Crippen LogP contribution in [0.3, 0.4) is 0 Å². The van der Waals surface area contributed by atoms with Crippen molar-refractivity contribution in [2.45, 2.75) is 13.0 Å². The van der Waals surface area contributed by atoms with Gasteiger partial charge in [0.1, 0.15) is 0 Å². The van der Waals surface area contributed by atoms with Crippen LogP contribution in [0.4, 0.5) is 10.5 Å². The Kier molecular flexibility index (Phi) is 4.15. The van der Waals surface area contributed by atoms with Crippen molar-refractivity contribution in [3.8, 4) is 5.69 Å². The normalized spacial score (nSPS) is 11.9. The molecule has 0 bridgehead atoms. The minimum atomic E-state index is -0.348. The standard InChI is InChI=1S/C13H16N4O2/c1-10(9-18)15-13(19)16-11-4-2-5-12(8-11)17-7-3-6-14-17/h2-8,10,18H,9H2,1H3,(H2,15,16,19)/t10-/m0/s1. The molecule has 0 radical (unpaired) electrons. The molecule has 0 unspecified atom stereocenters. The van der Waals surface area contributed by atoms with Crippen LogP contribution in [0.15, 0.2) is 42.7 Å². The third-order valence-corrected chi connectivity index (χ3v) is 2.52. The highest BCUT2D eigenvalue weighted by Crippen LogP contribution is 2.13. The van der Waals surface area contributed by atoms with Gasteiger partial charge in [-0.1, -0.05) is 6.07 Å². The van der Waals surface area contributed by atoms with Gasteiger partial charge in [-0.3, -0.25) is 0 Å². The monoisotopic (exact) mass is 260 g/mol. The van der Waals surface area contributed by atoms with Crippen LogP contribution >= 0.6 is 0 Å². The van der Waals surface area contributed by atoms with E-state index in [1.165, 1.54) is 0 Å². The van der Waals surface area contributed by atoms with Gasteiger partial charge >= 0.3 is 6.03 Å². The van der Waals surface area contributed by atoms with E-state index in [1.54, 1.807) is 23.9 Å². The molecule has 1 aromatic heterocycles. The second kappa shape index (κ2) is 6.01. The molecule has 3 N–H and O–H groups in total. The fraction of sp³-hybridized carbons (Fsp3) is 0.231. The molecular formula is C13H16N4O2. The van der Waals surface area contributed by atoms with Crippen LogP contribution in [0.2, 0.25) is 0 Å². The Labute approximate surface area is 111 Å². The number of carbonyl (C=O) groups excluding carboxylic acids is 1. The van der Waals surface area contributed by atoms with Gasteiger partial charge in [0.25, 0.3) is 0 Å². The molecule has 1 aromatic carbocycles. The molecule has 19 heavy (non-hydrogen) atoms. The number of nitrogens with one attached hydrogen (secondary N) is 2. The second-order valence-corrected chi connectivity index (χ2v) is 4.18. The number of hydrogen-bond acceptors (Lipinski definition) is 3. The maximum absolute atomic E-state index is 11.6.